The van der Waals surface area contributed by atoms with E-state index < -0.39 is 6.04 Å². The number of rotatable bonds is 9. The molecule has 5 heteroatoms. The van der Waals surface area contributed by atoms with E-state index in [1.54, 1.807) is 7.11 Å². The Kier molecular flexibility index (Phi) is 7.82. The molecule has 0 bridgehead atoms. The quantitative estimate of drug-likeness (QED) is 0.545. The summed E-state index contributed by atoms with van der Waals surface area (Å²) in [6.45, 7) is 1.45. The van der Waals surface area contributed by atoms with Crippen molar-refractivity contribution in [2.24, 2.45) is 0 Å². The van der Waals surface area contributed by atoms with E-state index in [0.29, 0.717) is 6.42 Å². The van der Waals surface area contributed by atoms with E-state index in [1.807, 2.05) is 72.8 Å². The summed E-state index contributed by atoms with van der Waals surface area (Å²) >= 11 is 0. The molecule has 31 heavy (non-hydrogen) atoms. The van der Waals surface area contributed by atoms with Crippen LogP contribution >= 0.6 is 0 Å². The molecule has 3 aromatic rings. The molecule has 3 rings (SSSR count). The molecule has 0 aromatic heterocycles. The summed E-state index contributed by atoms with van der Waals surface area (Å²) in [7, 11) is 1.60. The predicted molar refractivity (Wildman–Crippen MR) is 122 cm³/mol. The maximum absolute atomic E-state index is 13.0. The van der Waals surface area contributed by atoms with Crippen LogP contribution in [0.1, 0.15) is 42.1 Å². The topological polar surface area (TPSA) is 67.4 Å². The van der Waals surface area contributed by atoms with Crippen molar-refractivity contribution in [3.63, 3.8) is 0 Å². The van der Waals surface area contributed by atoms with Gasteiger partial charge in [-0.3, -0.25) is 9.59 Å². The molecule has 3 aromatic carbocycles. The molecule has 0 radical (unpaired) electrons. The number of hydrogen-bond donors (Lipinski definition) is 2. The summed E-state index contributed by atoms with van der Waals surface area (Å²) in [5.41, 5.74) is 3.04. The molecular weight excluding hydrogens is 388 g/mol. The van der Waals surface area contributed by atoms with Gasteiger partial charge in [0.05, 0.1) is 25.6 Å². The first-order valence-corrected chi connectivity index (χ1v) is 10.3. The van der Waals surface area contributed by atoms with Crippen LogP contribution in [0.3, 0.4) is 0 Å². The molecule has 0 spiro atoms. The molecule has 2 N–H and O–H groups in total. The van der Waals surface area contributed by atoms with Gasteiger partial charge in [-0.05, 0) is 35.2 Å². The highest BCUT2D eigenvalue weighted by Gasteiger charge is 2.21. The number of methoxy groups -OCH3 is 1. The minimum absolute atomic E-state index is 0.126. The van der Waals surface area contributed by atoms with E-state index in [1.165, 1.54) is 6.92 Å². The van der Waals surface area contributed by atoms with E-state index in [0.717, 1.165) is 22.4 Å². The van der Waals surface area contributed by atoms with Crippen molar-refractivity contribution >= 4 is 11.8 Å². The van der Waals surface area contributed by atoms with E-state index >= 15 is 0 Å². The van der Waals surface area contributed by atoms with E-state index in [-0.39, 0.29) is 24.3 Å². The summed E-state index contributed by atoms with van der Waals surface area (Å²) in [6.07, 6.45) is 0.827. The molecule has 0 saturated heterocycles. The summed E-state index contributed by atoms with van der Waals surface area (Å²) in [5, 5.41) is 6.05. The number of nitrogens with one attached hydrogen (secondary N) is 2. The first kappa shape index (κ1) is 22.1. The third kappa shape index (κ3) is 6.71. The van der Waals surface area contributed by atoms with Crippen molar-refractivity contribution in [1.29, 1.82) is 0 Å². The van der Waals surface area contributed by atoms with Gasteiger partial charge in [-0.2, -0.15) is 0 Å². The Hall–Kier alpha value is -3.60. The zero-order valence-electron chi connectivity index (χ0n) is 17.9. The lowest BCUT2D eigenvalue weighted by atomic mass is 9.97. The molecule has 0 saturated carbocycles. The lowest BCUT2D eigenvalue weighted by molar-refractivity contribution is -0.123. The maximum atomic E-state index is 13.0. The van der Waals surface area contributed by atoms with Gasteiger partial charge in [0.25, 0.3) is 0 Å². The molecular formula is C26H28N2O3. The minimum Gasteiger partial charge on any atom is -0.497 e. The fourth-order valence-electron chi connectivity index (χ4n) is 3.56. The van der Waals surface area contributed by atoms with E-state index in [4.69, 9.17) is 4.74 Å². The average molecular weight is 417 g/mol. The zero-order chi connectivity index (χ0) is 22.1. The monoisotopic (exact) mass is 416 g/mol. The Balaban J connectivity index is 1.76. The van der Waals surface area contributed by atoms with Crippen molar-refractivity contribution in [2.75, 3.05) is 7.11 Å². The van der Waals surface area contributed by atoms with Gasteiger partial charge in [0.2, 0.25) is 11.8 Å². The van der Waals surface area contributed by atoms with Crippen molar-refractivity contribution < 1.29 is 14.3 Å². The Morgan fingerprint density at radius 1 is 0.774 bits per heavy atom. The van der Waals surface area contributed by atoms with Crippen LogP contribution in [0.15, 0.2) is 84.9 Å². The third-order valence-electron chi connectivity index (χ3n) is 5.10. The molecule has 5 nitrogen and oxygen atoms in total. The molecule has 0 aliphatic carbocycles. The van der Waals surface area contributed by atoms with E-state index in [9.17, 15) is 9.59 Å². The molecule has 0 fully saturated rings. The van der Waals surface area contributed by atoms with Gasteiger partial charge in [-0.1, -0.05) is 72.8 Å². The molecule has 2 atom stereocenters. The van der Waals surface area contributed by atoms with Crippen LogP contribution < -0.4 is 15.4 Å². The van der Waals surface area contributed by atoms with Gasteiger partial charge in [0.1, 0.15) is 5.75 Å². The van der Waals surface area contributed by atoms with Crippen molar-refractivity contribution in [1.82, 2.24) is 10.6 Å². The number of amides is 2. The van der Waals surface area contributed by atoms with Crippen LogP contribution in [0.25, 0.3) is 0 Å². The van der Waals surface area contributed by atoms with Crippen LogP contribution in [0.2, 0.25) is 0 Å². The lowest BCUT2D eigenvalue weighted by Crippen LogP contribution is -2.35. The van der Waals surface area contributed by atoms with Gasteiger partial charge in [0.15, 0.2) is 0 Å². The Bertz CT molecular complexity index is 973. The van der Waals surface area contributed by atoms with E-state index in [2.05, 4.69) is 22.8 Å². The SMILES string of the molecule is COc1ccc(C(CC(=O)NC(Cc2ccccc2)c2ccccc2)NC(C)=O)cc1. The first-order chi connectivity index (χ1) is 15.0. The van der Waals surface area contributed by atoms with Crippen molar-refractivity contribution in [3.05, 3.63) is 102 Å². The summed E-state index contributed by atoms with van der Waals surface area (Å²) in [5.74, 6) is 0.415. The van der Waals surface area contributed by atoms with Gasteiger partial charge in [0, 0.05) is 6.92 Å². The highest BCUT2D eigenvalue weighted by atomic mass is 16.5. The van der Waals surface area contributed by atoms with Crippen LogP contribution in [-0.2, 0) is 16.0 Å². The Morgan fingerprint density at radius 2 is 1.35 bits per heavy atom. The Labute approximate surface area is 183 Å². The van der Waals surface area contributed by atoms with Crippen LogP contribution in [0.5, 0.6) is 5.75 Å². The molecule has 2 amide bonds. The minimum atomic E-state index is -0.420. The van der Waals surface area contributed by atoms with Gasteiger partial charge < -0.3 is 15.4 Å². The van der Waals surface area contributed by atoms with Crippen LogP contribution in [0, 0.1) is 0 Å². The first-order valence-electron chi connectivity index (χ1n) is 10.3. The third-order valence-corrected chi connectivity index (χ3v) is 5.10. The highest BCUT2D eigenvalue weighted by molar-refractivity contribution is 5.79. The summed E-state index contributed by atoms with van der Waals surface area (Å²) in [6, 6.07) is 26.8. The second-order valence-corrected chi connectivity index (χ2v) is 7.45. The lowest BCUT2D eigenvalue weighted by Gasteiger charge is -2.23. The number of hydrogen-bond acceptors (Lipinski definition) is 3. The average Bonchev–Trinajstić information content (AvgIpc) is 2.79. The van der Waals surface area contributed by atoms with Gasteiger partial charge in [-0.15, -0.1) is 0 Å². The second kappa shape index (κ2) is 11.0. The number of ether oxygens (including phenoxy) is 1. The predicted octanol–water partition coefficient (Wildman–Crippen LogP) is 4.36. The molecule has 0 aliphatic rings. The standard InChI is InChI=1S/C26H28N2O3/c1-19(29)27-25(22-13-15-23(31-2)16-14-22)18-26(30)28-24(21-11-7-4-8-12-21)17-20-9-5-3-6-10-20/h3-16,24-25H,17-18H2,1-2H3,(H,27,29)(H,28,30). The fourth-order valence-corrected chi connectivity index (χ4v) is 3.56. The molecule has 160 valence electrons. The largest absolute Gasteiger partial charge is 0.497 e. The fraction of sp³-hybridized carbons (Fsp3) is 0.231. The Morgan fingerprint density at radius 3 is 1.94 bits per heavy atom. The van der Waals surface area contributed by atoms with Crippen molar-refractivity contribution in [3.8, 4) is 5.75 Å². The number of benzene rings is 3. The summed E-state index contributed by atoms with van der Waals surface area (Å²) < 4.78 is 5.20. The van der Waals surface area contributed by atoms with Crippen LogP contribution in [-0.4, -0.2) is 18.9 Å². The maximum Gasteiger partial charge on any atom is 0.222 e. The van der Waals surface area contributed by atoms with Gasteiger partial charge >= 0.3 is 0 Å². The highest BCUT2D eigenvalue weighted by Crippen LogP contribution is 2.23. The zero-order valence-corrected chi connectivity index (χ0v) is 17.9. The van der Waals surface area contributed by atoms with Gasteiger partial charge in [-0.25, -0.2) is 0 Å². The number of carbonyl (C=O) groups excluding carboxylic acids is 2. The normalized spacial score (nSPS) is 12.5. The summed E-state index contributed by atoms with van der Waals surface area (Å²) in [4.78, 5) is 24.8. The van der Waals surface area contributed by atoms with Crippen LogP contribution in [0.4, 0.5) is 0 Å². The molecule has 0 aliphatic heterocycles. The molecule has 0 heterocycles. The second-order valence-electron chi connectivity index (χ2n) is 7.45. The molecule has 2 unspecified atom stereocenters. The smallest absolute Gasteiger partial charge is 0.222 e. The van der Waals surface area contributed by atoms with Crippen molar-refractivity contribution in [2.45, 2.75) is 31.8 Å². The number of carbonyl (C=O) groups is 2.